The molecule has 3 aliphatic rings. The molecule has 0 radical (unpaired) electrons. The van der Waals surface area contributed by atoms with Crippen LogP contribution in [0.5, 0.6) is 0 Å². The van der Waals surface area contributed by atoms with E-state index >= 15 is 0 Å². The molecular formula is C20H34N4O3. The summed E-state index contributed by atoms with van der Waals surface area (Å²) in [6.07, 6.45) is 7.01. The lowest BCUT2D eigenvalue weighted by molar-refractivity contribution is -0.142. The Morgan fingerprint density at radius 3 is 2.41 bits per heavy atom. The second-order valence-electron chi connectivity index (χ2n) is 8.86. The molecule has 4 amide bonds. The molecule has 2 aliphatic heterocycles. The third-order valence-electron chi connectivity index (χ3n) is 6.06. The second kappa shape index (κ2) is 8.48. The van der Waals surface area contributed by atoms with E-state index in [9.17, 15) is 14.4 Å². The second-order valence-corrected chi connectivity index (χ2v) is 8.86. The first kappa shape index (κ1) is 20.0. The molecule has 1 saturated carbocycles. The van der Waals surface area contributed by atoms with E-state index in [0.717, 1.165) is 25.7 Å². The lowest BCUT2D eigenvalue weighted by atomic mass is 9.95. The van der Waals surface area contributed by atoms with Gasteiger partial charge in [0.15, 0.2) is 0 Å². The van der Waals surface area contributed by atoms with Crippen molar-refractivity contribution in [1.29, 1.82) is 0 Å². The van der Waals surface area contributed by atoms with Crippen LogP contribution in [-0.4, -0.2) is 64.9 Å². The van der Waals surface area contributed by atoms with Crippen LogP contribution in [-0.2, 0) is 9.59 Å². The summed E-state index contributed by atoms with van der Waals surface area (Å²) in [5, 5.41) is 6.11. The van der Waals surface area contributed by atoms with Gasteiger partial charge in [-0.05, 0) is 31.6 Å². The first-order valence-corrected chi connectivity index (χ1v) is 10.5. The van der Waals surface area contributed by atoms with Crippen LogP contribution in [0, 0.1) is 5.92 Å². The van der Waals surface area contributed by atoms with E-state index in [0.29, 0.717) is 31.8 Å². The van der Waals surface area contributed by atoms with E-state index in [1.807, 2.05) is 4.90 Å². The highest BCUT2D eigenvalue weighted by Gasteiger charge is 2.47. The molecule has 152 valence electrons. The quantitative estimate of drug-likeness (QED) is 0.783. The van der Waals surface area contributed by atoms with Crippen LogP contribution in [0.25, 0.3) is 0 Å². The Hall–Kier alpha value is -1.79. The SMILES string of the molecule is CC(=O)N[C@H]1C[C@H]2CN(C(=O)NC3CCCCC3)[C@@H](CC(C)C)C(=O)N2C1. The molecule has 0 aromatic heterocycles. The van der Waals surface area contributed by atoms with Crippen molar-refractivity contribution in [1.82, 2.24) is 20.4 Å². The van der Waals surface area contributed by atoms with Gasteiger partial charge < -0.3 is 20.4 Å². The molecule has 0 spiro atoms. The van der Waals surface area contributed by atoms with Crippen LogP contribution in [0.3, 0.4) is 0 Å². The Morgan fingerprint density at radius 1 is 1.07 bits per heavy atom. The number of hydrogen-bond donors (Lipinski definition) is 2. The summed E-state index contributed by atoms with van der Waals surface area (Å²) < 4.78 is 0. The maximum Gasteiger partial charge on any atom is 0.318 e. The molecule has 0 bridgehead atoms. The average Bonchev–Trinajstić information content (AvgIpc) is 2.99. The van der Waals surface area contributed by atoms with Crippen LogP contribution < -0.4 is 10.6 Å². The number of urea groups is 1. The molecule has 7 heteroatoms. The van der Waals surface area contributed by atoms with Gasteiger partial charge in [0.25, 0.3) is 0 Å². The largest absolute Gasteiger partial charge is 0.352 e. The summed E-state index contributed by atoms with van der Waals surface area (Å²) in [6.45, 7) is 6.78. The zero-order valence-electron chi connectivity index (χ0n) is 16.9. The van der Waals surface area contributed by atoms with Crippen molar-refractivity contribution in [2.45, 2.75) is 89.9 Å². The van der Waals surface area contributed by atoms with Crippen molar-refractivity contribution in [2.24, 2.45) is 5.92 Å². The van der Waals surface area contributed by atoms with E-state index in [-0.39, 0.29) is 36.0 Å². The molecule has 3 atom stereocenters. The van der Waals surface area contributed by atoms with Gasteiger partial charge in [0.2, 0.25) is 11.8 Å². The third-order valence-corrected chi connectivity index (χ3v) is 6.06. The zero-order chi connectivity index (χ0) is 19.6. The molecule has 0 aromatic carbocycles. The molecule has 2 saturated heterocycles. The molecule has 1 aliphatic carbocycles. The molecule has 0 aromatic rings. The van der Waals surface area contributed by atoms with Crippen LogP contribution in [0.4, 0.5) is 4.79 Å². The Morgan fingerprint density at radius 2 is 1.78 bits per heavy atom. The number of carbonyl (C=O) groups is 3. The summed E-state index contributed by atoms with van der Waals surface area (Å²) in [4.78, 5) is 41.3. The van der Waals surface area contributed by atoms with Gasteiger partial charge >= 0.3 is 6.03 Å². The number of carbonyl (C=O) groups excluding carboxylic acids is 3. The molecule has 2 N–H and O–H groups in total. The van der Waals surface area contributed by atoms with Crippen LogP contribution in [0.1, 0.15) is 65.7 Å². The summed E-state index contributed by atoms with van der Waals surface area (Å²) >= 11 is 0. The fourth-order valence-electron chi connectivity index (χ4n) is 4.83. The number of hydrogen-bond acceptors (Lipinski definition) is 3. The first-order chi connectivity index (χ1) is 12.8. The minimum atomic E-state index is -0.402. The lowest BCUT2D eigenvalue weighted by Gasteiger charge is -2.43. The Bertz CT molecular complexity index is 574. The van der Waals surface area contributed by atoms with Crippen molar-refractivity contribution in [3.63, 3.8) is 0 Å². The summed E-state index contributed by atoms with van der Waals surface area (Å²) in [6, 6.07) is -0.286. The molecule has 7 nitrogen and oxygen atoms in total. The van der Waals surface area contributed by atoms with E-state index in [1.54, 1.807) is 4.90 Å². The standard InChI is InChI=1S/C20H34N4O3/c1-13(2)9-18-19(26)23-11-16(21-14(3)25)10-17(23)12-24(18)20(27)22-15-7-5-4-6-8-15/h13,15-18H,4-12H2,1-3H3,(H,21,25)(H,22,27)/t16-,17-,18-/m0/s1. The van der Waals surface area contributed by atoms with Gasteiger partial charge in [0.1, 0.15) is 6.04 Å². The lowest BCUT2D eigenvalue weighted by Crippen LogP contribution is -2.63. The van der Waals surface area contributed by atoms with Crippen LogP contribution >= 0.6 is 0 Å². The molecule has 3 rings (SSSR count). The maximum atomic E-state index is 13.2. The minimum Gasteiger partial charge on any atom is -0.352 e. The predicted molar refractivity (Wildman–Crippen MR) is 103 cm³/mol. The fraction of sp³-hybridized carbons (Fsp3) is 0.850. The van der Waals surface area contributed by atoms with E-state index in [4.69, 9.17) is 0 Å². The van der Waals surface area contributed by atoms with Crippen molar-refractivity contribution in [2.75, 3.05) is 13.1 Å². The number of fused-ring (bicyclic) bond motifs is 1. The Balaban J connectivity index is 1.71. The summed E-state index contributed by atoms with van der Waals surface area (Å²) in [7, 11) is 0. The topological polar surface area (TPSA) is 81.8 Å². The highest BCUT2D eigenvalue weighted by atomic mass is 16.2. The maximum absolute atomic E-state index is 13.2. The summed E-state index contributed by atoms with van der Waals surface area (Å²) in [5.74, 6) is 0.291. The Kier molecular flexibility index (Phi) is 6.27. The van der Waals surface area contributed by atoms with Gasteiger partial charge in [-0.25, -0.2) is 4.79 Å². The van der Waals surface area contributed by atoms with Crippen molar-refractivity contribution in [3.8, 4) is 0 Å². The smallest absolute Gasteiger partial charge is 0.318 e. The van der Waals surface area contributed by atoms with Gasteiger partial charge in [-0.2, -0.15) is 0 Å². The molecule has 3 fully saturated rings. The molecule has 2 heterocycles. The van der Waals surface area contributed by atoms with Gasteiger partial charge in [-0.15, -0.1) is 0 Å². The monoisotopic (exact) mass is 378 g/mol. The number of nitrogens with zero attached hydrogens (tertiary/aromatic N) is 2. The fourth-order valence-corrected chi connectivity index (χ4v) is 4.83. The summed E-state index contributed by atoms with van der Waals surface area (Å²) in [5.41, 5.74) is 0. The average molecular weight is 379 g/mol. The highest BCUT2D eigenvalue weighted by molar-refractivity contribution is 5.89. The zero-order valence-corrected chi connectivity index (χ0v) is 16.9. The van der Waals surface area contributed by atoms with Crippen molar-refractivity contribution >= 4 is 17.8 Å². The number of piperazine rings is 1. The normalized spacial score (nSPS) is 29.0. The number of rotatable bonds is 4. The third kappa shape index (κ3) is 4.74. The van der Waals surface area contributed by atoms with Crippen molar-refractivity contribution in [3.05, 3.63) is 0 Å². The first-order valence-electron chi connectivity index (χ1n) is 10.5. The van der Waals surface area contributed by atoms with Crippen LogP contribution in [0.2, 0.25) is 0 Å². The van der Waals surface area contributed by atoms with E-state index < -0.39 is 6.04 Å². The molecular weight excluding hydrogens is 344 g/mol. The Labute approximate surface area is 162 Å². The molecule has 27 heavy (non-hydrogen) atoms. The van der Waals surface area contributed by atoms with E-state index in [1.165, 1.54) is 13.3 Å². The number of nitrogens with one attached hydrogen (secondary N) is 2. The van der Waals surface area contributed by atoms with E-state index in [2.05, 4.69) is 24.5 Å². The predicted octanol–water partition coefficient (Wildman–Crippen LogP) is 1.86. The minimum absolute atomic E-state index is 0.00475. The van der Waals surface area contributed by atoms with Crippen molar-refractivity contribution < 1.29 is 14.4 Å². The van der Waals surface area contributed by atoms with Crippen LogP contribution in [0.15, 0.2) is 0 Å². The van der Waals surface area contributed by atoms with Gasteiger partial charge in [0, 0.05) is 32.1 Å². The molecule has 0 unspecified atom stereocenters. The highest BCUT2D eigenvalue weighted by Crippen LogP contribution is 2.29. The van der Waals surface area contributed by atoms with Gasteiger partial charge in [-0.1, -0.05) is 33.1 Å². The van der Waals surface area contributed by atoms with Gasteiger partial charge in [-0.3, -0.25) is 9.59 Å². The number of amides is 4. The van der Waals surface area contributed by atoms with Gasteiger partial charge in [0.05, 0.1) is 6.04 Å².